The van der Waals surface area contributed by atoms with Gasteiger partial charge in [0.15, 0.2) is 11.0 Å². The number of aromatic nitrogens is 3. The van der Waals surface area contributed by atoms with Crippen LogP contribution in [0.3, 0.4) is 0 Å². The van der Waals surface area contributed by atoms with E-state index in [0.717, 1.165) is 16.7 Å². The van der Waals surface area contributed by atoms with E-state index >= 15 is 0 Å². The molecule has 0 aliphatic rings. The standard InChI is InChI=1S/C23H18FN3O2S/c1-15-6-10-17(11-7-15)21-25-26-23(27(21)20-5-3-2-4-19(20)24)30-14-16-8-12-18(13-9-16)22(28)29/h2-13H,14H2,1H3,(H,28,29). The van der Waals surface area contributed by atoms with E-state index in [1.54, 1.807) is 47.0 Å². The minimum absolute atomic E-state index is 0.236. The summed E-state index contributed by atoms with van der Waals surface area (Å²) in [6, 6.07) is 21.0. The Morgan fingerprint density at radius 2 is 1.70 bits per heavy atom. The lowest BCUT2D eigenvalue weighted by Crippen LogP contribution is -2.02. The van der Waals surface area contributed by atoms with Gasteiger partial charge in [0.25, 0.3) is 0 Å². The van der Waals surface area contributed by atoms with Crippen molar-refractivity contribution >= 4 is 17.7 Å². The predicted molar refractivity (Wildman–Crippen MR) is 114 cm³/mol. The van der Waals surface area contributed by atoms with Crippen molar-refractivity contribution in [1.82, 2.24) is 14.8 Å². The molecule has 0 saturated heterocycles. The number of aryl methyl sites for hydroxylation is 1. The third kappa shape index (κ3) is 4.11. The van der Waals surface area contributed by atoms with Gasteiger partial charge in [-0.15, -0.1) is 10.2 Å². The Bertz CT molecular complexity index is 1190. The van der Waals surface area contributed by atoms with Crippen molar-refractivity contribution < 1.29 is 14.3 Å². The number of nitrogens with zero attached hydrogens (tertiary/aromatic N) is 3. The summed E-state index contributed by atoms with van der Waals surface area (Å²) in [6.07, 6.45) is 0. The van der Waals surface area contributed by atoms with Gasteiger partial charge in [-0.2, -0.15) is 0 Å². The fourth-order valence-electron chi connectivity index (χ4n) is 2.99. The van der Waals surface area contributed by atoms with E-state index in [-0.39, 0.29) is 11.4 Å². The Morgan fingerprint density at radius 3 is 2.37 bits per heavy atom. The van der Waals surface area contributed by atoms with E-state index in [4.69, 9.17) is 5.11 Å². The molecule has 0 amide bonds. The molecule has 0 bridgehead atoms. The molecule has 0 spiro atoms. The van der Waals surface area contributed by atoms with Crippen LogP contribution in [0.15, 0.2) is 78.0 Å². The monoisotopic (exact) mass is 419 g/mol. The zero-order chi connectivity index (χ0) is 21.1. The number of hydrogen-bond acceptors (Lipinski definition) is 4. The topological polar surface area (TPSA) is 68.0 Å². The van der Waals surface area contributed by atoms with E-state index in [9.17, 15) is 9.18 Å². The zero-order valence-electron chi connectivity index (χ0n) is 16.1. The zero-order valence-corrected chi connectivity index (χ0v) is 16.9. The van der Waals surface area contributed by atoms with E-state index in [2.05, 4.69) is 10.2 Å². The van der Waals surface area contributed by atoms with Gasteiger partial charge in [0.1, 0.15) is 5.82 Å². The van der Waals surface area contributed by atoms with Gasteiger partial charge in [-0.25, -0.2) is 9.18 Å². The third-order valence-corrected chi connectivity index (χ3v) is 5.61. The highest BCUT2D eigenvalue weighted by Crippen LogP contribution is 2.31. The first-order valence-electron chi connectivity index (χ1n) is 9.25. The summed E-state index contributed by atoms with van der Waals surface area (Å²) in [4.78, 5) is 11.0. The smallest absolute Gasteiger partial charge is 0.335 e. The van der Waals surface area contributed by atoms with Gasteiger partial charge in [-0.1, -0.05) is 65.9 Å². The lowest BCUT2D eigenvalue weighted by atomic mass is 10.1. The summed E-state index contributed by atoms with van der Waals surface area (Å²) >= 11 is 1.41. The van der Waals surface area contributed by atoms with Crippen LogP contribution in [0.2, 0.25) is 0 Å². The molecule has 5 nitrogen and oxygen atoms in total. The first kappa shape index (κ1) is 19.8. The number of carbonyl (C=O) groups is 1. The van der Waals surface area contributed by atoms with Crippen LogP contribution in [-0.2, 0) is 5.75 Å². The summed E-state index contributed by atoms with van der Waals surface area (Å²) in [5.41, 5.74) is 3.51. The second-order valence-corrected chi connectivity index (χ2v) is 7.69. The molecule has 4 aromatic rings. The second kappa shape index (κ2) is 8.51. The lowest BCUT2D eigenvalue weighted by Gasteiger charge is -2.11. The Labute approximate surface area is 177 Å². The van der Waals surface area contributed by atoms with Gasteiger partial charge in [-0.05, 0) is 36.8 Å². The summed E-state index contributed by atoms with van der Waals surface area (Å²) in [6.45, 7) is 2.00. The Morgan fingerprint density at radius 1 is 1.00 bits per heavy atom. The Balaban J connectivity index is 1.70. The van der Waals surface area contributed by atoms with Crippen LogP contribution < -0.4 is 0 Å². The van der Waals surface area contributed by atoms with Crippen LogP contribution in [0.1, 0.15) is 21.5 Å². The molecule has 0 unspecified atom stereocenters. The molecule has 0 radical (unpaired) electrons. The van der Waals surface area contributed by atoms with Crippen molar-refractivity contribution in [3.8, 4) is 17.1 Å². The average molecular weight is 419 g/mol. The van der Waals surface area contributed by atoms with Gasteiger partial charge in [0.05, 0.1) is 11.3 Å². The number of carboxylic acids is 1. The van der Waals surface area contributed by atoms with E-state index in [1.807, 2.05) is 31.2 Å². The highest BCUT2D eigenvalue weighted by molar-refractivity contribution is 7.98. The SMILES string of the molecule is Cc1ccc(-c2nnc(SCc3ccc(C(=O)O)cc3)n2-c2ccccc2F)cc1. The second-order valence-electron chi connectivity index (χ2n) is 6.75. The fraction of sp³-hybridized carbons (Fsp3) is 0.0870. The van der Waals surface area contributed by atoms with E-state index in [0.29, 0.717) is 22.4 Å². The van der Waals surface area contributed by atoms with Crippen molar-refractivity contribution in [3.05, 3.63) is 95.3 Å². The lowest BCUT2D eigenvalue weighted by molar-refractivity contribution is 0.0697. The third-order valence-electron chi connectivity index (χ3n) is 4.61. The van der Waals surface area contributed by atoms with Gasteiger partial charge in [0.2, 0.25) is 0 Å². The molecule has 0 aliphatic heterocycles. The fourth-order valence-corrected chi connectivity index (χ4v) is 3.90. The molecule has 7 heteroatoms. The number of halogens is 1. The molecule has 1 heterocycles. The van der Waals surface area contributed by atoms with Crippen LogP contribution in [0.4, 0.5) is 4.39 Å². The maximum Gasteiger partial charge on any atom is 0.335 e. The largest absolute Gasteiger partial charge is 0.478 e. The van der Waals surface area contributed by atoms with Gasteiger partial charge < -0.3 is 5.11 Å². The number of thioether (sulfide) groups is 1. The molecule has 1 N–H and O–H groups in total. The van der Waals surface area contributed by atoms with Gasteiger partial charge >= 0.3 is 5.97 Å². The van der Waals surface area contributed by atoms with Crippen LogP contribution in [-0.4, -0.2) is 25.8 Å². The summed E-state index contributed by atoms with van der Waals surface area (Å²) in [7, 11) is 0. The molecule has 30 heavy (non-hydrogen) atoms. The Hall–Kier alpha value is -3.45. The molecule has 150 valence electrons. The van der Waals surface area contributed by atoms with Crippen LogP contribution in [0.25, 0.3) is 17.1 Å². The molecule has 1 aromatic heterocycles. The van der Waals surface area contributed by atoms with Crippen molar-refractivity contribution in [1.29, 1.82) is 0 Å². The summed E-state index contributed by atoms with van der Waals surface area (Å²) < 4.78 is 16.4. The summed E-state index contributed by atoms with van der Waals surface area (Å²) in [5, 5.41) is 18.2. The number of rotatable bonds is 6. The molecule has 0 saturated carbocycles. The normalized spacial score (nSPS) is 10.9. The summed E-state index contributed by atoms with van der Waals surface area (Å²) in [5.74, 6) is -0.223. The van der Waals surface area contributed by atoms with E-state index < -0.39 is 5.97 Å². The highest BCUT2D eigenvalue weighted by Gasteiger charge is 2.18. The molecule has 4 rings (SSSR count). The molecular formula is C23H18FN3O2S. The molecule has 0 atom stereocenters. The molecular weight excluding hydrogens is 401 g/mol. The van der Waals surface area contributed by atoms with Crippen molar-refractivity contribution in [2.24, 2.45) is 0 Å². The van der Waals surface area contributed by atoms with Gasteiger partial charge in [0, 0.05) is 11.3 Å². The van der Waals surface area contributed by atoms with Crippen molar-refractivity contribution in [2.75, 3.05) is 0 Å². The first-order chi connectivity index (χ1) is 14.5. The molecule has 3 aromatic carbocycles. The highest BCUT2D eigenvalue weighted by atomic mass is 32.2. The quantitative estimate of drug-likeness (QED) is 0.426. The van der Waals surface area contributed by atoms with Crippen molar-refractivity contribution in [3.63, 3.8) is 0 Å². The average Bonchev–Trinajstić information content (AvgIpc) is 3.17. The molecule has 0 fully saturated rings. The number of para-hydroxylation sites is 1. The van der Waals surface area contributed by atoms with E-state index in [1.165, 1.54) is 17.8 Å². The van der Waals surface area contributed by atoms with Crippen LogP contribution in [0, 0.1) is 12.7 Å². The number of aromatic carboxylic acids is 1. The Kier molecular flexibility index (Phi) is 5.63. The van der Waals surface area contributed by atoms with Gasteiger partial charge in [-0.3, -0.25) is 4.57 Å². The van der Waals surface area contributed by atoms with Crippen LogP contribution in [0.5, 0.6) is 0 Å². The number of benzene rings is 3. The number of carboxylic acid groups (broad SMARTS) is 1. The minimum atomic E-state index is -0.962. The minimum Gasteiger partial charge on any atom is -0.478 e. The van der Waals surface area contributed by atoms with Crippen molar-refractivity contribution in [2.45, 2.75) is 17.8 Å². The number of hydrogen-bond donors (Lipinski definition) is 1. The first-order valence-corrected chi connectivity index (χ1v) is 10.2. The molecule has 0 aliphatic carbocycles. The van der Waals surface area contributed by atoms with Crippen LogP contribution >= 0.6 is 11.8 Å². The maximum atomic E-state index is 14.6. The maximum absolute atomic E-state index is 14.6. The predicted octanol–water partition coefficient (Wildman–Crippen LogP) is 5.37.